The second kappa shape index (κ2) is 14.1. The zero-order valence-electron chi connectivity index (χ0n) is 16.1. The van der Waals surface area contributed by atoms with Crippen molar-refractivity contribution in [1.82, 2.24) is 0 Å². The van der Waals surface area contributed by atoms with Crippen molar-refractivity contribution in [2.75, 3.05) is 49.2 Å². The topological polar surface area (TPSA) is 67.7 Å². The van der Waals surface area contributed by atoms with E-state index in [0.29, 0.717) is 0 Å². The van der Waals surface area contributed by atoms with Gasteiger partial charge in [0.05, 0.1) is 0 Å². The van der Waals surface area contributed by atoms with Crippen LogP contribution in [0.1, 0.15) is 32.1 Å². The van der Waals surface area contributed by atoms with Gasteiger partial charge in [-0.05, 0) is 25.5 Å². The Morgan fingerprint density at radius 2 is 1.08 bits per heavy atom. The second-order valence-corrected chi connectivity index (χ2v) is 11.6. The van der Waals surface area contributed by atoms with Crippen molar-refractivity contribution in [3.63, 3.8) is 0 Å². The Hall–Kier alpha value is -0.136. The smallest absolute Gasteiger partial charge is 0.377 e. The van der Waals surface area contributed by atoms with Gasteiger partial charge in [0, 0.05) is 61.3 Å². The zero-order valence-corrected chi connectivity index (χ0v) is 18.1. The van der Waals surface area contributed by atoms with Crippen molar-refractivity contribution >= 4 is 23.8 Å². The number of hydrogen-bond acceptors (Lipinski definition) is 7. The summed E-state index contributed by atoms with van der Waals surface area (Å²) < 4.78 is 32.3. The molecule has 0 heterocycles. The summed E-state index contributed by atoms with van der Waals surface area (Å²) in [6.07, 6.45) is 7.16. The minimum atomic E-state index is -2.46. The number of unbranched alkanes of at least 4 members (excludes halogenated alkanes) is 3. The highest BCUT2D eigenvalue weighted by molar-refractivity contribution is 6.61. The molecule has 0 saturated carbocycles. The lowest BCUT2D eigenvalue weighted by Gasteiger charge is -2.24. The third-order valence-electron chi connectivity index (χ3n) is 4.09. The third-order valence-corrected chi connectivity index (χ3v) is 9.69. The molecule has 0 rings (SSSR count). The molecule has 0 aromatic rings. The summed E-state index contributed by atoms with van der Waals surface area (Å²) in [6, 6.07) is 1.61. The monoisotopic (exact) mass is 381 g/mol. The summed E-state index contributed by atoms with van der Waals surface area (Å²) >= 11 is 0. The molecule has 0 atom stereocenters. The SMILES string of the molecule is CO[Si](CCC=NCCCCCC[Si](OC)(OC)OC)(OC)OC. The maximum Gasteiger partial charge on any atom is 0.500 e. The first-order chi connectivity index (χ1) is 11.6. The highest BCUT2D eigenvalue weighted by Crippen LogP contribution is 2.17. The van der Waals surface area contributed by atoms with Gasteiger partial charge in [-0.25, -0.2) is 0 Å². The summed E-state index contributed by atoms with van der Waals surface area (Å²) in [7, 11) is 5.00. The quantitative estimate of drug-likeness (QED) is 0.233. The first kappa shape index (κ1) is 23.9. The predicted octanol–water partition coefficient (Wildman–Crippen LogP) is 2.76. The lowest BCUT2D eigenvalue weighted by atomic mass is 10.2. The Kier molecular flexibility index (Phi) is 14.0. The van der Waals surface area contributed by atoms with Gasteiger partial charge in [-0.2, -0.15) is 0 Å². The fourth-order valence-electron chi connectivity index (χ4n) is 2.43. The molecule has 0 aromatic carbocycles. The molecule has 0 unspecified atom stereocenters. The van der Waals surface area contributed by atoms with Crippen LogP contribution in [0.3, 0.4) is 0 Å². The van der Waals surface area contributed by atoms with Crippen molar-refractivity contribution < 1.29 is 26.6 Å². The van der Waals surface area contributed by atoms with E-state index >= 15 is 0 Å². The third kappa shape index (κ3) is 8.81. The van der Waals surface area contributed by atoms with E-state index in [9.17, 15) is 0 Å². The molecule has 0 N–H and O–H groups in total. The van der Waals surface area contributed by atoms with Crippen LogP contribution in [0.15, 0.2) is 4.99 Å². The molecule has 7 nitrogen and oxygen atoms in total. The maximum absolute atomic E-state index is 5.41. The van der Waals surface area contributed by atoms with Gasteiger partial charge in [-0.1, -0.05) is 12.8 Å². The largest absolute Gasteiger partial charge is 0.500 e. The van der Waals surface area contributed by atoms with E-state index in [-0.39, 0.29) is 0 Å². The Bertz CT molecular complexity index is 309. The summed E-state index contributed by atoms with van der Waals surface area (Å²) in [5.74, 6) is 0. The van der Waals surface area contributed by atoms with Gasteiger partial charge in [0.2, 0.25) is 0 Å². The second-order valence-electron chi connectivity index (χ2n) is 5.38. The van der Waals surface area contributed by atoms with Crippen molar-refractivity contribution in [3.05, 3.63) is 0 Å². The first-order valence-electron chi connectivity index (χ1n) is 8.36. The van der Waals surface area contributed by atoms with Crippen molar-refractivity contribution in [3.8, 4) is 0 Å². The van der Waals surface area contributed by atoms with Crippen LogP contribution in [0.25, 0.3) is 0 Å². The maximum atomic E-state index is 5.41. The molecule has 9 heteroatoms. The first-order valence-corrected chi connectivity index (χ1v) is 12.2. The minimum Gasteiger partial charge on any atom is -0.377 e. The van der Waals surface area contributed by atoms with Gasteiger partial charge in [-0.3, -0.25) is 4.99 Å². The molecular formula is C15H35NO6Si2. The number of rotatable bonds is 16. The average molecular weight is 382 g/mol. The van der Waals surface area contributed by atoms with Crippen LogP contribution in [-0.4, -0.2) is 73.0 Å². The summed E-state index contributed by atoms with van der Waals surface area (Å²) in [6.45, 7) is 0.850. The molecule has 0 amide bonds. The number of nitrogens with zero attached hydrogens (tertiary/aromatic N) is 1. The lowest BCUT2D eigenvalue weighted by Crippen LogP contribution is -2.42. The van der Waals surface area contributed by atoms with Crippen LogP contribution in [0.4, 0.5) is 0 Å². The molecule has 0 fully saturated rings. The predicted molar refractivity (Wildman–Crippen MR) is 99.6 cm³/mol. The van der Waals surface area contributed by atoms with Crippen LogP contribution in [0, 0.1) is 0 Å². The van der Waals surface area contributed by atoms with Crippen LogP contribution >= 0.6 is 0 Å². The fourth-order valence-corrected chi connectivity index (χ4v) is 5.82. The van der Waals surface area contributed by atoms with Gasteiger partial charge in [-0.15, -0.1) is 0 Å². The summed E-state index contributed by atoms with van der Waals surface area (Å²) in [5.41, 5.74) is 0. The van der Waals surface area contributed by atoms with E-state index in [0.717, 1.165) is 50.7 Å². The van der Waals surface area contributed by atoms with Gasteiger partial charge in [0.15, 0.2) is 0 Å². The van der Waals surface area contributed by atoms with Gasteiger partial charge in [0.25, 0.3) is 0 Å². The normalized spacial score (nSPS) is 13.1. The van der Waals surface area contributed by atoms with Crippen LogP contribution < -0.4 is 0 Å². The van der Waals surface area contributed by atoms with Crippen LogP contribution in [0.2, 0.25) is 12.1 Å². The molecule has 144 valence electrons. The van der Waals surface area contributed by atoms with Crippen molar-refractivity contribution in [2.24, 2.45) is 4.99 Å². The van der Waals surface area contributed by atoms with Gasteiger partial charge < -0.3 is 26.6 Å². The molecule has 0 spiro atoms. The van der Waals surface area contributed by atoms with E-state index in [4.69, 9.17) is 26.6 Å². The zero-order chi connectivity index (χ0) is 18.3. The minimum absolute atomic E-state index is 0.748. The Balaban J connectivity index is 3.73. The van der Waals surface area contributed by atoms with E-state index in [2.05, 4.69) is 4.99 Å². The van der Waals surface area contributed by atoms with Crippen molar-refractivity contribution in [1.29, 1.82) is 0 Å². The highest BCUT2D eigenvalue weighted by atomic mass is 28.4. The average Bonchev–Trinajstić information content (AvgIpc) is 2.64. The molecule has 24 heavy (non-hydrogen) atoms. The molecule has 0 radical (unpaired) electrons. The molecule has 0 aliphatic heterocycles. The van der Waals surface area contributed by atoms with Crippen LogP contribution in [0.5, 0.6) is 0 Å². The Morgan fingerprint density at radius 3 is 1.58 bits per heavy atom. The molecule has 0 aliphatic rings. The van der Waals surface area contributed by atoms with Crippen molar-refractivity contribution in [2.45, 2.75) is 44.2 Å². The molecule has 0 saturated heterocycles. The number of hydrogen-bond donors (Lipinski definition) is 0. The molecule has 0 bridgehead atoms. The number of aliphatic imine (C=N–C) groups is 1. The molecule has 0 aromatic heterocycles. The van der Waals surface area contributed by atoms with E-state index < -0.39 is 17.6 Å². The lowest BCUT2D eigenvalue weighted by molar-refractivity contribution is 0.122. The standard InChI is InChI=1S/C15H35NO6Si2/c1-17-23(18-2,19-3)14-10-8-7-9-12-16-13-11-15-24(20-4,21-5)22-6/h13H,7-12,14-15H2,1-6H3. The molecular weight excluding hydrogens is 346 g/mol. The van der Waals surface area contributed by atoms with E-state index in [1.54, 1.807) is 42.7 Å². The van der Waals surface area contributed by atoms with E-state index in [1.807, 2.05) is 6.21 Å². The fraction of sp³-hybridized carbons (Fsp3) is 0.933. The van der Waals surface area contributed by atoms with Gasteiger partial charge in [0.1, 0.15) is 0 Å². The molecule has 0 aliphatic carbocycles. The van der Waals surface area contributed by atoms with Gasteiger partial charge >= 0.3 is 17.6 Å². The Morgan fingerprint density at radius 1 is 0.625 bits per heavy atom. The summed E-state index contributed by atoms with van der Waals surface area (Å²) in [4.78, 5) is 4.44. The van der Waals surface area contributed by atoms with Crippen LogP contribution in [-0.2, 0) is 26.6 Å². The van der Waals surface area contributed by atoms with E-state index in [1.165, 1.54) is 0 Å². The highest BCUT2D eigenvalue weighted by Gasteiger charge is 2.37. The Labute approximate surface area is 149 Å². The summed E-state index contributed by atoms with van der Waals surface area (Å²) in [5, 5.41) is 0.